The van der Waals surface area contributed by atoms with E-state index in [1.807, 2.05) is 28.9 Å². The van der Waals surface area contributed by atoms with Crippen LogP contribution in [0.1, 0.15) is 40.9 Å². The predicted octanol–water partition coefficient (Wildman–Crippen LogP) is 3.18. The average Bonchev–Trinajstić information content (AvgIpc) is 3.04. The van der Waals surface area contributed by atoms with Gasteiger partial charge in [0.25, 0.3) is 5.91 Å². The molecular weight excluding hydrogens is 357 g/mol. The fourth-order valence-electron chi connectivity index (χ4n) is 4.32. The third-order valence-corrected chi connectivity index (χ3v) is 5.78. The maximum Gasteiger partial charge on any atom is 0.255 e. The van der Waals surface area contributed by atoms with Gasteiger partial charge in [-0.05, 0) is 55.5 Å². The van der Waals surface area contributed by atoms with E-state index in [2.05, 4.69) is 4.98 Å². The summed E-state index contributed by atoms with van der Waals surface area (Å²) in [5.74, 6) is -0.00410. The molecule has 4 rings (SSSR count). The molecule has 3 heterocycles. The smallest absolute Gasteiger partial charge is 0.255 e. The monoisotopic (exact) mass is 381 g/mol. The maximum atomic E-state index is 13.6. The van der Waals surface area contributed by atoms with Crippen molar-refractivity contribution in [2.24, 2.45) is 5.92 Å². The van der Waals surface area contributed by atoms with Gasteiger partial charge in [-0.15, -0.1) is 0 Å². The van der Waals surface area contributed by atoms with Crippen molar-refractivity contribution in [2.75, 3.05) is 13.1 Å². The van der Waals surface area contributed by atoms with E-state index in [0.717, 1.165) is 24.1 Å². The Morgan fingerprint density at radius 3 is 2.86 bits per heavy atom. The molecule has 5 nitrogen and oxygen atoms in total. The number of aromatic nitrogens is 1. The van der Waals surface area contributed by atoms with Crippen LogP contribution in [0.15, 0.2) is 42.6 Å². The fraction of sp³-hybridized carbons (Fsp3) is 0.409. The molecular formula is C22H24FN3O2. The number of hydrogen-bond acceptors (Lipinski definition) is 3. The van der Waals surface area contributed by atoms with Gasteiger partial charge in [0.2, 0.25) is 5.91 Å². The zero-order valence-electron chi connectivity index (χ0n) is 16.0. The summed E-state index contributed by atoms with van der Waals surface area (Å²) in [7, 11) is 0. The van der Waals surface area contributed by atoms with Crippen molar-refractivity contribution in [3.8, 4) is 0 Å². The van der Waals surface area contributed by atoms with Crippen LogP contribution >= 0.6 is 0 Å². The molecule has 2 atom stereocenters. The highest BCUT2D eigenvalue weighted by atomic mass is 19.1. The minimum absolute atomic E-state index is 0.0272. The molecule has 1 aromatic carbocycles. The molecule has 2 fully saturated rings. The Morgan fingerprint density at radius 1 is 1.25 bits per heavy atom. The third-order valence-electron chi connectivity index (χ3n) is 5.78. The molecule has 0 spiro atoms. The van der Waals surface area contributed by atoms with Gasteiger partial charge in [-0.2, -0.15) is 0 Å². The summed E-state index contributed by atoms with van der Waals surface area (Å²) in [6.45, 7) is 3.42. The average molecular weight is 381 g/mol. The second-order valence-electron chi connectivity index (χ2n) is 7.77. The van der Waals surface area contributed by atoms with E-state index in [1.165, 1.54) is 12.1 Å². The molecule has 0 unspecified atom stereocenters. The van der Waals surface area contributed by atoms with Crippen molar-refractivity contribution in [3.63, 3.8) is 0 Å². The number of carbonyl (C=O) groups excluding carboxylic acids is 2. The van der Waals surface area contributed by atoms with Gasteiger partial charge in [-0.3, -0.25) is 14.6 Å². The Morgan fingerprint density at radius 2 is 2.11 bits per heavy atom. The van der Waals surface area contributed by atoms with Gasteiger partial charge in [-0.25, -0.2) is 4.39 Å². The molecule has 2 saturated heterocycles. The molecule has 0 aliphatic carbocycles. The van der Waals surface area contributed by atoms with Gasteiger partial charge < -0.3 is 9.80 Å². The van der Waals surface area contributed by atoms with Crippen LogP contribution in [0.3, 0.4) is 0 Å². The molecule has 6 heteroatoms. The van der Waals surface area contributed by atoms with E-state index >= 15 is 0 Å². The van der Waals surface area contributed by atoms with Gasteiger partial charge in [0.1, 0.15) is 5.82 Å². The standard InChI is InChI=1S/C22H24FN3O2/c1-15-8-9-17(11-24-15)22(28)25-13-18-5-3-7-21(27)26(20(18)14-25)12-16-4-2-6-19(23)10-16/h2,4,6,8-11,18,20H,3,5,7,12-14H2,1H3/t18-,20+/m1/s1. The van der Waals surface area contributed by atoms with Crippen LogP contribution in [-0.4, -0.2) is 45.7 Å². The molecule has 2 aliphatic heterocycles. The van der Waals surface area contributed by atoms with Crippen molar-refractivity contribution in [1.82, 2.24) is 14.8 Å². The van der Waals surface area contributed by atoms with E-state index in [9.17, 15) is 14.0 Å². The molecule has 0 bridgehead atoms. The molecule has 0 saturated carbocycles. The molecule has 146 valence electrons. The molecule has 0 radical (unpaired) electrons. The number of nitrogens with zero attached hydrogens (tertiary/aromatic N) is 3. The van der Waals surface area contributed by atoms with Crippen molar-refractivity contribution in [3.05, 3.63) is 65.2 Å². The van der Waals surface area contributed by atoms with Crippen LogP contribution in [0.4, 0.5) is 4.39 Å². The summed E-state index contributed by atoms with van der Waals surface area (Å²) >= 11 is 0. The largest absolute Gasteiger partial charge is 0.336 e. The molecule has 2 aromatic rings. The Hall–Kier alpha value is -2.76. The Balaban J connectivity index is 1.54. The Labute approximate surface area is 164 Å². The minimum Gasteiger partial charge on any atom is -0.336 e. The van der Waals surface area contributed by atoms with Crippen molar-refractivity contribution in [1.29, 1.82) is 0 Å². The van der Waals surface area contributed by atoms with Crippen LogP contribution < -0.4 is 0 Å². The molecule has 1 aromatic heterocycles. The van der Waals surface area contributed by atoms with E-state index < -0.39 is 0 Å². The fourth-order valence-corrected chi connectivity index (χ4v) is 4.32. The lowest BCUT2D eigenvalue weighted by atomic mass is 9.98. The van der Waals surface area contributed by atoms with Crippen molar-refractivity contribution >= 4 is 11.8 Å². The predicted molar refractivity (Wildman–Crippen MR) is 103 cm³/mol. The van der Waals surface area contributed by atoms with Crippen molar-refractivity contribution < 1.29 is 14.0 Å². The number of pyridine rings is 1. The number of hydrogen-bond donors (Lipinski definition) is 0. The molecule has 2 aliphatic rings. The zero-order valence-corrected chi connectivity index (χ0v) is 16.0. The molecule has 2 amide bonds. The number of likely N-dealkylation sites (tertiary alicyclic amines) is 2. The first-order chi connectivity index (χ1) is 13.5. The lowest BCUT2D eigenvalue weighted by Gasteiger charge is -2.30. The van der Waals surface area contributed by atoms with E-state index in [4.69, 9.17) is 0 Å². The number of amides is 2. The first-order valence-electron chi connectivity index (χ1n) is 9.77. The van der Waals surface area contributed by atoms with Gasteiger partial charge in [0.05, 0.1) is 11.6 Å². The quantitative estimate of drug-likeness (QED) is 0.821. The van der Waals surface area contributed by atoms with Crippen LogP contribution in [0.25, 0.3) is 0 Å². The van der Waals surface area contributed by atoms with Gasteiger partial charge in [0, 0.05) is 37.9 Å². The van der Waals surface area contributed by atoms with Crippen LogP contribution in [0.5, 0.6) is 0 Å². The first kappa shape index (κ1) is 18.6. The SMILES string of the molecule is Cc1ccc(C(=O)N2C[C@H]3CCCC(=O)N(Cc4cccc(F)c4)[C@H]3C2)cn1. The number of carbonyl (C=O) groups is 2. The van der Waals surface area contributed by atoms with Gasteiger partial charge in [-0.1, -0.05) is 12.1 Å². The number of fused-ring (bicyclic) bond motifs is 1. The summed E-state index contributed by atoms with van der Waals surface area (Å²) in [5, 5.41) is 0. The summed E-state index contributed by atoms with van der Waals surface area (Å²) in [6.07, 6.45) is 3.87. The Bertz CT molecular complexity index is 884. The summed E-state index contributed by atoms with van der Waals surface area (Å²) in [4.78, 5) is 33.6. The lowest BCUT2D eigenvalue weighted by Crippen LogP contribution is -2.43. The highest BCUT2D eigenvalue weighted by molar-refractivity contribution is 5.94. The van der Waals surface area contributed by atoms with Gasteiger partial charge in [0.15, 0.2) is 0 Å². The highest BCUT2D eigenvalue weighted by Gasteiger charge is 2.42. The topological polar surface area (TPSA) is 53.5 Å². The van der Waals surface area contributed by atoms with Crippen LogP contribution in [0.2, 0.25) is 0 Å². The zero-order chi connectivity index (χ0) is 19.7. The number of halogens is 1. The summed E-state index contributed by atoms with van der Waals surface area (Å²) in [5.41, 5.74) is 2.22. The third kappa shape index (κ3) is 3.77. The molecule has 0 N–H and O–H groups in total. The second kappa shape index (κ2) is 7.70. The second-order valence-corrected chi connectivity index (χ2v) is 7.77. The number of benzene rings is 1. The maximum absolute atomic E-state index is 13.6. The van der Waals surface area contributed by atoms with Gasteiger partial charge >= 0.3 is 0 Å². The van der Waals surface area contributed by atoms with Crippen LogP contribution in [0, 0.1) is 18.7 Å². The Kier molecular flexibility index (Phi) is 5.11. The van der Waals surface area contributed by atoms with Crippen molar-refractivity contribution in [2.45, 2.75) is 38.8 Å². The summed E-state index contributed by atoms with van der Waals surface area (Å²) in [6, 6.07) is 9.99. The normalized spacial score (nSPS) is 22.1. The molecule has 28 heavy (non-hydrogen) atoms. The van der Waals surface area contributed by atoms with E-state index in [-0.39, 0.29) is 29.6 Å². The van der Waals surface area contributed by atoms with E-state index in [1.54, 1.807) is 18.3 Å². The number of rotatable bonds is 3. The highest BCUT2D eigenvalue weighted by Crippen LogP contribution is 2.32. The minimum atomic E-state index is -0.300. The van der Waals surface area contributed by atoms with E-state index in [0.29, 0.717) is 31.6 Å². The lowest BCUT2D eigenvalue weighted by molar-refractivity contribution is -0.133. The van der Waals surface area contributed by atoms with Crippen LogP contribution in [-0.2, 0) is 11.3 Å². The summed E-state index contributed by atoms with van der Waals surface area (Å²) < 4.78 is 13.6. The number of aryl methyl sites for hydroxylation is 1. The first-order valence-corrected chi connectivity index (χ1v) is 9.77.